The van der Waals surface area contributed by atoms with Gasteiger partial charge >= 0.3 is 6.18 Å². The topological polar surface area (TPSA) is 122 Å². The summed E-state index contributed by atoms with van der Waals surface area (Å²) in [4.78, 5) is 29.6. The summed E-state index contributed by atoms with van der Waals surface area (Å²) < 4.78 is 51.5. The van der Waals surface area contributed by atoms with Gasteiger partial charge in [-0.25, -0.2) is 4.98 Å². The van der Waals surface area contributed by atoms with E-state index >= 15 is 0 Å². The second-order valence-electron chi connectivity index (χ2n) is 7.66. The monoisotopic (exact) mass is 500 g/mol. The Morgan fingerprint density at radius 3 is 2.58 bits per heavy atom. The highest BCUT2D eigenvalue weighted by Crippen LogP contribution is 2.37. The van der Waals surface area contributed by atoms with Gasteiger partial charge in [0.05, 0.1) is 23.2 Å². The van der Waals surface area contributed by atoms with Gasteiger partial charge in [-0.15, -0.1) is 0 Å². The van der Waals surface area contributed by atoms with Crippen molar-refractivity contribution in [2.75, 3.05) is 18.5 Å². The smallest absolute Gasteiger partial charge is 0.417 e. The molecule has 1 unspecified atom stereocenters. The van der Waals surface area contributed by atoms with Crippen molar-refractivity contribution in [3.63, 3.8) is 0 Å². The number of nitrogens with zero attached hydrogens (tertiary/aromatic N) is 1. The Kier molecular flexibility index (Phi) is 7.04. The number of carbonyl (C=O) groups is 1. The molecule has 1 atom stereocenters. The molecule has 36 heavy (non-hydrogen) atoms. The van der Waals surface area contributed by atoms with Crippen LogP contribution in [0.2, 0.25) is 0 Å². The molecule has 0 aliphatic carbocycles. The fourth-order valence-electron chi connectivity index (χ4n) is 3.40. The lowest BCUT2D eigenvalue weighted by Gasteiger charge is -2.13. The van der Waals surface area contributed by atoms with Crippen LogP contribution >= 0.6 is 0 Å². The van der Waals surface area contributed by atoms with E-state index < -0.39 is 35.8 Å². The second-order valence-corrected chi connectivity index (χ2v) is 7.66. The number of amides is 1. The molecule has 0 bridgehead atoms. The molecule has 1 amide bonds. The van der Waals surface area contributed by atoms with Crippen LogP contribution in [0.4, 0.5) is 18.9 Å². The predicted octanol–water partition coefficient (Wildman–Crippen LogP) is 3.86. The first-order valence-electron chi connectivity index (χ1n) is 10.6. The molecule has 0 aliphatic rings. The van der Waals surface area contributed by atoms with Crippen LogP contribution in [0.25, 0.3) is 22.3 Å². The summed E-state index contributed by atoms with van der Waals surface area (Å²) in [5, 5.41) is 20.9. The van der Waals surface area contributed by atoms with Crippen LogP contribution in [-0.2, 0) is 6.18 Å². The van der Waals surface area contributed by atoms with Crippen LogP contribution in [0.1, 0.15) is 16.1 Å². The molecule has 0 spiro atoms. The quantitative estimate of drug-likeness (QED) is 0.352. The third kappa shape index (κ3) is 5.37. The van der Waals surface area contributed by atoms with E-state index in [-0.39, 0.29) is 46.2 Å². The van der Waals surface area contributed by atoms with Gasteiger partial charge in [0.1, 0.15) is 24.2 Å². The van der Waals surface area contributed by atoms with E-state index in [1.54, 1.807) is 0 Å². The second kappa shape index (κ2) is 10.2. The number of ether oxygens (including phenoxy) is 1. The van der Waals surface area contributed by atoms with Gasteiger partial charge in [-0.1, -0.05) is 30.3 Å². The van der Waals surface area contributed by atoms with Gasteiger partial charge in [0.25, 0.3) is 5.91 Å². The number of pyridine rings is 1. The van der Waals surface area contributed by atoms with Crippen molar-refractivity contribution >= 4 is 22.6 Å². The molecule has 0 radical (unpaired) electrons. The van der Waals surface area contributed by atoms with Gasteiger partial charge in [-0.3, -0.25) is 9.59 Å². The van der Waals surface area contributed by atoms with E-state index in [9.17, 15) is 27.9 Å². The number of carbonyl (C=O) groups excluding carboxylic acids is 1. The summed E-state index contributed by atoms with van der Waals surface area (Å²) >= 11 is 0. The van der Waals surface area contributed by atoms with Crippen LogP contribution in [-0.4, -0.2) is 40.4 Å². The molecule has 3 N–H and O–H groups in total. The van der Waals surface area contributed by atoms with Gasteiger partial charge in [0.2, 0.25) is 5.88 Å². The first kappa shape index (κ1) is 24.9. The zero-order chi connectivity index (χ0) is 25.9. The molecule has 0 aliphatic heterocycles. The highest BCUT2D eigenvalue weighted by Gasteiger charge is 2.34. The molecular formula is C25H19F3N2O6. The Bertz CT molecular complexity index is 1470. The van der Waals surface area contributed by atoms with Crippen molar-refractivity contribution in [2.24, 2.45) is 0 Å². The minimum absolute atomic E-state index is 0.0191. The normalized spacial score (nSPS) is 12.4. The van der Waals surface area contributed by atoms with Gasteiger partial charge in [-0.2, -0.15) is 13.2 Å². The molecule has 0 saturated carbocycles. The largest absolute Gasteiger partial charge is 0.475 e. The van der Waals surface area contributed by atoms with Crippen molar-refractivity contribution in [3.05, 3.63) is 88.2 Å². The average Bonchev–Trinajstić information content (AvgIpc) is 2.87. The van der Waals surface area contributed by atoms with Crippen molar-refractivity contribution in [3.8, 4) is 17.2 Å². The minimum Gasteiger partial charge on any atom is -0.475 e. The molecule has 11 heteroatoms. The SMILES string of the molecule is O=C(Nc1cccc2c(=O)cc(-c3ccccc3C(F)(F)F)oc12)c1cccc(OCC(O)CO)n1. The summed E-state index contributed by atoms with van der Waals surface area (Å²) in [6.45, 7) is -0.757. The number of rotatable bonds is 7. The van der Waals surface area contributed by atoms with Crippen LogP contribution in [0, 0.1) is 0 Å². The van der Waals surface area contributed by atoms with E-state index in [1.807, 2.05) is 0 Å². The number of halogens is 3. The fourth-order valence-corrected chi connectivity index (χ4v) is 3.40. The number of aliphatic hydroxyl groups is 2. The van der Waals surface area contributed by atoms with Gasteiger partial charge in [0, 0.05) is 17.7 Å². The van der Waals surface area contributed by atoms with Crippen molar-refractivity contribution < 1.29 is 37.3 Å². The molecule has 8 nitrogen and oxygen atoms in total. The molecule has 4 aromatic rings. The molecule has 2 heterocycles. The lowest BCUT2D eigenvalue weighted by molar-refractivity contribution is -0.137. The lowest BCUT2D eigenvalue weighted by atomic mass is 10.0. The zero-order valence-electron chi connectivity index (χ0n) is 18.5. The van der Waals surface area contributed by atoms with Crippen molar-refractivity contribution in [1.82, 2.24) is 4.98 Å². The summed E-state index contributed by atoms with van der Waals surface area (Å²) in [7, 11) is 0. The van der Waals surface area contributed by atoms with E-state index in [0.29, 0.717) is 0 Å². The maximum atomic E-state index is 13.5. The first-order valence-corrected chi connectivity index (χ1v) is 10.6. The zero-order valence-corrected chi connectivity index (χ0v) is 18.5. The summed E-state index contributed by atoms with van der Waals surface area (Å²) in [6, 6.07) is 14.3. The number of hydrogen-bond donors (Lipinski definition) is 3. The molecule has 2 aromatic carbocycles. The first-order chi connectivity index (χ1) is 17.2. The maximum absolute atomic E-state index is 13.5. The Labute approximate surface area is 201 Å². The summed E-state index contributed by atoms with van der Waals surface area (Å²) in [5.41, 5.74) is -2.02. The summed E-state index contributed by atoms with van der Waals surface area (Å²) in [6.07, 6.45) is -5.80. The number of fused-ring (bicyclic) bond motifs is 1. The highest BCUT2D eigenvalue weighted by atomic mass is 19.4. The van der Waals surface area contributed by atoms with Gasteiger partial charge < -0.3 is 24.7 Å². The highest BCUT2D eigenvalue weighted by molar-refractivity contribution is 6.07. The third-order valence-electron chi connectivity index (χ3n) is 5.09. The van der Waals surface area contributed by atoms with Crippen LogP contribution in [0.3, 0.4) is 0 Å². The summed E-state index contributed by atoms with van der Waals surface area (Å²) in [5.74, 6) is -0.997. The molecule has 186 valence electrons. The number of alkyl halides is 3. The fraction of sp³-hybridized carbons (Fsp3) is 0.160. The van der Waals surface area contributed by atoms with Gasteiger partial charge in [-0.05, 0) is 24.3 Å². The third-order valence-corrected chi connectivity index (χ3v) is 5.09. The average molecular weight is 500 g/mol. The van der Waals surface area contributed by atoms with Crippen LogP contribution < -0.4 is 15.5 Å². The van der Waals surface area contributed by atoms with Crippen LogP contribution in [0.15, 0.2) is 75.9 Å². The molecule has 2 aromatic heterocycles. The number of hydrogen-bond acceptors (Lipinski definition) is 7. The molecule has 0 saturated heterocycles. The predicted molar refractivity (Wildman–Crippen MR) is 124 cm³/mol. The van der Waals surface area contributed by atoms with Crippen molar-refractivity contribution in [1.29, 1.82) is 0 Å². The van der Waals surface area contributed by atoms with E-state index in [2.05, 4.69) is 10.3 Å². The van der Waals surface area contributed by atoms with Crippen molar-refractivity contribution in [2.45, 2.75) is 12.3 Å². The number of anilines is 1. The van der Waals surface area contributed by atoms with E-state index in [4.69, 9.17) is 14.3 Å². The number of para-hydroxylation sites is 1. The molecule has 0 fully saturated rings. The number of aromatic nitrogens is 1. The van der Waals surface area contributed by atoms with E-state index in [0.717, 1.165) is 12.1 Å². The van der Waals surface area contributed by atoms with E-state index in [1.165, 1.54) is 54.6 Å². The Morgan fingerprint density at radius 1 is 1.08 bits per heavy atom. The Morgan fingerprint density at radius 2 is 1.83 bits per heavy atom. The maximum Gasteiger partial charge on any atom is 0.417 e. The molecular weight excluding hydrogens is 481 g/mol. The minimum atomic E-state index is -4.68. The Balaban J connectivity index is 1.70. The number of nitrogens with one attached hydrogen (secondary N) is 1. The van der Waals surface area contributed by atoms with Crippen LogP contribution in [0.5, 0.6) is 5.88 Å². The lowest BCUT2D eigenvalue weighted by Crippen LogP contribution is -2.22. The standard InChI is InChI=1S/C25H19F3N2O6/c26-25(27,28)17-7-2-1-5-15(17)21-11-20(33)16-6-3-8-18(23(16)36-21)30-24(34)19-9-4-10-22(29-19)35-13-14(32)12-31/h1-11,14,31-32H,12-13H2,(H,30,34). The molecule has 4 rings (SSSR count). The number of benzene rings is 2. The number of aliphatic hydroxyl groups excluding tert-OH is 2. The Hall–Kier alpha value is -4.22. The van der Waals surface area contributed by atoms with Gasteiger partial charge in [0.15, 0.2) is 11.0 Å².